The van der Waals surface area contributed by atoms with E-state index >= 15 is 0 Å². The molecular weight excluding hydrogens is 434 g/mol. The van der Waals surface area contributed by atoms with Gasteiger partial charge in [0.25, 0.3) is 5.91 Å². The molecule has 0 fully saturated rings. The predicted octanol–water partition coefficient (Wildman–Crippen LogP) is 6.29. The van der Waals surface area contributed by atoms with Crippen molar-refractivity contribution >= 4 is 55.3 Å². The molecule has 3 aromatic heterocycles. The zero-order valence-corrected chi connectivity index (χ0v) is 17.9. The molecule has 8 heteroatoms. The number of thiazole rings is 2. The first kappa shape index (κ1) is 17.8. The van der Waals surface area contributed by atoms with Crippen LogP contribution < -0.4 is 10.1 Å². The topological polar surface area (TPSA) is 64.1 Å². The van der Waals surface area contributed by atoms with Gasteiger partial charge in [0.05, 0.1) is 30.5 Å². The minimum absolute atomic E-state index is 0.160. The van der Waals surface area contributed by atoms with Crippen LogP contribution in [0.2, 0.25) is 0 Å². The smallest absolute Gasteiger partial charge is 0.267 e. The van der Waals surface area contributed by atoms with Crippen LogP contribution >= 0.6 is 34.0 Å². The fourth-order valence-electron chi connectivity index (χ4n) is 3.36. The van der Waals surface area contributed by atoms with Gasteiger partial charge in [-0.05, 0) is 36.4 Å². The predicted molar refractivity (Wildman–Crippen MR) is 123 cm³/mol. The molecule has 6 rings (SSSR count). The van der Waals surface area contributed by atoms with Gasteiger partial charge in [0.1, 0.15) is 17.4 Å². The van der Waals surface area contributed by atoms with E-state index in [0.717, 1.165) is 42.0 Å². The highest BCUT2D eigenvalue weighted by atomic mass is 32.1. The van der Waals surface area contributed by atoms with E-state index in [9.17, 15) is 4.79 Å². The number of amides is 1. The highest BCUT2D eigenvalue weighted by molar-refractivity contribution is 7.26. The van der Waals surface area contributed by atoms with E-state index in [2.05, 4.69) is 21.4 Å². The molecule has 0 radical (unpaired) electrons. The number of benzene rings is 2. The van der Waals surface area contributed by atoms with Gasteiger partial charge >= 0.3 is 0 Å². The van der Waals surface area contributed by atoms with E-state index in [1.165, 1.54) is 22.7 Å². The van der Waals surface area contributed by atoms with Gasteiger partial charge in [-0.15, -0.1) is 22.7 Å². The molecule has 0 saturated carbocycles. The Kier molecular flexibility index (Phi) is 4.15. The second-order valence-electron chi connectivity index (χ2n) is 6.68. The Balaban J connectivity index is 1.25. The van der Waals surface area contributed by atoms with Gasteiger partial charge in [0, 0.05) is 5.56 Å². The number of fused-ring (bicyclic) bond motifs is 4. The number of nitrogens with zero attached hydrogens (tertiary/aromatic N) is 2. The molecule has 1 N–H and O–H groups in total. The highest BCUT2D eigenvalue weighted by Gasteiger charge is 2.23. The molecule has 1 aliphatic rings. The second kappa shape index (κ2) is 7.02. The maximum absolute atomic E-state index is 12.8. The lowest BCUT2D eigenvalue weighted by Crippen LogP contribution is -2.09. The first-order valence-corrected chi connectivity index (χ1v) is 11.7. The molecule has 5 nitrogen and oxygen atoms in total. The molecule has 2 aromatic carbocycles. The number of hydrogen-bond donors (Lipinski definition) is 1. The van der Waals surface area contributed by atoms with E-state index in [0.29, 0.717) is 16.6 Å². The Morgan fingerprint density at radius 1 is 0.933 bits per heavy atom. The Morgan fingerprint density at radius 3 is 2.73 bits per heavy atom. The van der Waals surface area contributed by atoms with Crippen LogP contribution in [0, 0.1) is 0 Å². The summed E-state index contributed by atoms with van der Waals surface area (Å²) < 4.78 is 6.93. The molecule has 5 aromatic rings. The molecule has 0 unspecified atom stereocenters. The first-order chi connectivity index (χ1) is 14.7. The normalized spacial score (nSPS) is 12.3. The molecule has 30 heavy (non-hydrogen) atoms. The minimum Gasteiger partial charge on any atom is -0.487 e. The van der Waals surface area contributed by atoms with Crippen molar-refractivity contribution in [1.29, 1.82) is 0 Å². The van der Waals surface area contributed by atoms with Crippen LogP contribution in [-0.2, 0) is 6.61 Å². The molecule has 4 heterocycles. The van der Waals surface area contributed by atoms with Crippen molar-refractivity contribution in [2.45, 2.75) is 6.61 Å². The summed E-state index contributed by atoms with van der Waals surface area (Å²) in [5.41, 5.74) is 2.83. The Labute approximate surface area is 183 Å². The largest absolute Gasteiger partial charge is 0.487 e. The first-order valence-electron chi connectivity index (χ1n) is 9.24. The van der Waals surface area contributed by atoms with Gasteiger partial charge in [0.2, 0.25) is 0 Å². The van der Waals surface area contributed by atoms with Crippen LogP contribution in [0.15, 0.2) is 60.7 Å². The van der Waals surface area contributed by atoms with Crippen LogP contribution in [0.1, 0.15) is 14.5 Å². The van der Waals surface area contributed by atoms with Gasteiger partial charge < -0.3 is 4.74 Å². The van der Waals surface area contributed by atoms with E-state index in [4.69, 9.17) is 4.74 Å². The van der Waals surface area contributed by atoms with E-state index in [1.54, 1.807) is 11.3 Å². The Bertz CT molecular complexity index is 1380. The van der Waals surface area contributed by atoms with Crippen molar-refractivity contribution in [2.75, 3.05) is 5.32 Å². The van der Waals surface area contributed by atoms with Gasteiger partial charge in [-0.2, -0.15) is 0 Å². The van der Waals surface area contributed by atoms with Crippen molar-refractivity contribution in [3.8, 4) is 26.9 Å². The van der Waals surface area contributed by atoms with Crippen molar-refractivity contribution in [3.63, 3.8) is 0 Å². The molecule has 1 aliphatic heterocycles. The third-order valence-corrected chi connectivity index (χ3v) is 7.99. The minimum atomic E-state index is -0.160. The van der Waals surface area contributed by atoms with E-state index in [1.807, 2.05) is 54.6 Å². The van der Waals surface area contributed by atoms with Crippen molar-refractivity contribution < 1.29 is 9.53 Å². The Morgan fingerprint density at radius 2 is 1.80 bits per heavy atom. The zero-order chi connectivity index (χ0) is 20.1. The summed E-state index contributed by atoms with van der Waals surface area (Å²) in [6.45, 7) is 0.473. The van der Waals surface area contributed by atoms with Crippen LogP contribution in [0.5, 0.6) is 5.75 Å². The average Bonchev–Trinajstić information content (AvgIpc) is 3.50. The number of nitrogens with one attached hydrogen (secondary N) is 1. The molecule has 0 atom stereocenters. The highest BCUT2D eigenvalue weighted by Crippen LogP contribution is 2.41. The van der Waals surface area contributed by atoms with Gasteiger partial charge in [-0.25, -0.2) is 9.97 Å². The summed E-state index contributed by atoms with van der Waals surface area (Å²) in [5, 5.41) is 4.46. The molecule has 0 aliphatic carbocycles. The third kappa shape index (κ3) is 3.00. The van der Waals surface area contributed by atoms with Crippen LogP contribution in [0.3, 0.4) is 0 Å². The van der Waals surface area contributed by atoms with Gasteiger partial charge in [-0.3, -0.25) is 10.1 Å². The maximum Gasteiger partial charge on any atom is 0.267 e. The molecule has 0 saturated heterocycles. The summed E-state index contributed by atoms with van der Waals surface area (Å²) in [5.74, 6) is 0.666. The molecule has 0 spiro atoms. The summed E-state index contributed by atoms with van der Waals surface area (Å²) in [4.78, 5) is 24.8. The van der Waals surface area contributed by atoms with Crippen LogP contribution in [0.25, 0.3) is 31.4 Å². The summed E-state index contributed by atoms with van der Waals surface area (Å²) in [6, 6.07) is 19.7. The third-order valence-electron chi connectivity index (χ3n) is 4.75. The van der Waals surface area contributed by atoms with Crippen molar-refractivity contribution in [3.05, 3.63) is 70.4 Å². The lowest BCUT2D eigenvalue weighted by molar-refractivity contribution is 0.103. The lowest BCUT2D eigenvalue weighted by atomic mass is 10.1. The molecule has 0 bridgehead atoms. The van der Waals surface area contributed by atoms with Gasteiger partial charge in [-0.1, -0.05) is 35.6 Å². The van der Waals surface area contributed by atoms with Crippen LogP contribution in [-0.4, -0.2) is 15.9 Å². The number of carbonyl (C=O) groups is 1. The SMILES string of the molecule is O=C(Nc1nc2c(s1)COc1ccccc1-2)c1ccc(-c2nc3ccccc3s2)s1. The van der Waals surface area contributed by atoms with Gasteiger partial charge in [0.15, 0.2) is 5.13 Å². The van der Waals surface area contributed by atoms with E-state index < -0.39 is 0 Å². The standard InChI is InChI=1S/C22H13N3O2S3/c26-20(16-9-10-17(28-16)21-23-13-6-2-4-8-15(13)29-21)25-22-24-19-12-5-1-3-7-14(12)27-11-18(19)30-22/h1-10H,11H2,(H,24,25,26). The molecule has 1 amide bonds. The van der Waals surface area contributed by atoms with Crippen LogP contribution in [0.4, 0.5) is 5.13 Å². The second-order valence-corrected chi connectivity index (χ2v) is 9.88. The number of anilines is 1. The number of aromatic nitrogens is 2. The summed E-state index contributed by atoms with van der Waals surface area (Å²) in [6.07, 6.45) is 0. The molecular formula is C22H13N3O2S3. The lowest BCUT2D eigenvalue weighted by Gasteiger charge is -2.15. The fourth-order valence-corrected chi connectivity index (χ4v) is 6.16. The number of para-hydroxylation sites is 2. The average molecular weight is 448 g/mol. The fraction of sp³-hybridized carbons (Fsp3) is 0.0455. The van der Waals surface area contributed by atoms with E-state index in [-0.39, 0.29) is 5.91 Å². The van der Waals surface area contributed by atoms with Crippen molar-refractivity contribution in [1.82, 2.24) is 9.97 Å². The summed E-state index contributed by atoms with van der Waals surface area (Å²) >= 11 is 4.53. The quantitative estimate of drug-likeness (QED) is 0.353. The Hall–Kier alpha value is -3.07. The zero-order valence-electron chi connectivity index (χ0n) is 15.4. The number of thiophene rings is 1. The van der Waals surface area contributed by atoms with Crippen molar-refractivity contribution in [2.24, 2.45) is 0 Å². The number of hydrogen-bond acceptors (Lipinski definition) is 7. The maximum atomic E-state index is 12.8. The molecule has 146 valence electrons. The number of ether oxygens (including phenoxy) is 1. The monoisotopic (exact) mass is 447 g/mol. The number of carbonyl (C=O) groups excluding carboxylic acids is 1. The summed E-state index contributed by atoms with van der Waals surface area (Å²) in [7, 11) is 0. The number of rotatable bonds is 3.